The second-order valence-corrected chi connectivity index (χ2v) is 7.69. The van der Waals surface area contributed by atoms with Crippen LogP contribution in [0.3, 0.4) is 0 Å². The minimum atomic E-state index is -0.841. The number of rotatable bonds is 6. The van der Waals surface area contributed by atoms with Gasteiger partial charge >= 0.3 is 5.97 Å². The van der Waals surface area contributed by atoms with Crippen molar-refractivity contribution in [3.05, 3.63) is 23.8 Å². The number of hydrogen-bond donors (Lipinski definition) is 1. The van der Waals surface area contributed by atoms with Gasteiger partial charge in [-0.2, -0.15) is 0 Å². The Labute approximate surface area is 165 Å². The molecule has 2 unspecified atom stereocenters. The number of carboxylic acid groups (broad SMARTS) is 1. The fourth-order valence-electron chi connectivity index (χ4n) is 4.23. The van der Waals surface area contributed by atoms with Crippen LogP contribution < -0.4 is 9.64 Å². The van der Waals surface area contributed by atoms with Crippen molar-refractivity contribution in [1.82, 2.24) is 4.90 Å². The van der Waals surface area contributed by atoms with Crippen molar-refractivity contribution in [2.75, 3.05) is 25.1 Å². The summed E-state index contributed by atoms with van der Waals surface area (Å²) in [6.45, 7) is 2.92. The van der Waals surface area contributed by atoms with Crippen molar-refractivity contribution in [3.8, 4) is 5.75 Å². The lowest BCUT2D eigenvalue weighted by Crippen LogP contribution is -2.47. The van der Waals surface area contributed by atoms with Gasteiger partial charge in [-0.15, -0.1) is 0 Å². The van der Waals surface area contributed by atoms with Crippen LogP contribution in [0.5, 0.6) is 5.75 Å². The van der Waals surface area contributed by atoms with Gasteiger partial charge in [0.05, 0.1) is 18.7 Å². The Morgan fingerprint density at radius 2 is 2.07 bits per heavy atom. The Hall–Kier alpha value is -2.57. The number of methoxy groups -OCH3 is 1. The van der Waals surface area contributed by atoms with E-state index in [0.717, 1.165) is 24.8 Å². The highest BCUT2D eigenvalue weighted by molar-refractivity contribution is 6.01. The zero-order valence-electron chi connectivity index (χ0n) is 16.5. The third-order valence-corrected chi connectivity index (χ3v) is 5.70. The first-order valence-corrected chi connectivity index (χ1v) is 9.88. The summed E-state index contributed by atoms with van der Waals surface area (Å²) in [6, 6.07) is 5.61. The summed E-state index contributed by atoms with van der Waals surface area (Å²) in [4.78, 5) is 40.2. The van der Waals surface area contributed by atoms with Gasteiger partial charge in [-0.05, 0) is 50.3 Å². The number of benzene rings is 1. The summed E-state index contributed by atoms with van der Waals surface area (Å²) in [5.74, 6) is -0.738. The van der Waals surface area contributed by atoms with E-state index >= 15 is 0 Å². The topological polar surface area (TPSA) is 87.2 Å². The molecule has 7 heteroatoms. The first kappa shape index (κ1) is 20.2. The number of aliphatic carboxylic acids is 1. The lowest BCUT2D eigenvalue weighted by molar-refractivity contribution is -0.142. The van der Waals surface area contributed by atoms with Crippen LogP contribution in [0.2, 0.25) is 0 Å². The molecule has 28 heavy (non-hydrogen) atoms. The zero-order chi connectivity index (χ0) is 20.3. The number of carbonyl (C=O) groups is 3. The molecular formula is C21H28N2O5. The number of piperidine rings is 1. The van der Waals surface area contributed by atoms with Crippen LogP contribution in [0.1, 0.15) is 44.1 Å². The Kier molecular flexibility index (Phi) is 6.21. The Balaban J connectivity index is 1.74. The van der Waals surface area contributed by atoms with E-state index in [2.05, 4.69) is 0 Å². The Morgan fingerprint density at radius 1 is 1.29 bits per heavy atom. The van der Waals surface area contributed by atoms with Gasteiger partial charge in [0.2, 0.25) is 11.8 Å². The van der Waals surface area contributed by atoms with Crippen molar-refractivity contribution in [3.63, 3.8) is 0 Å². The molecule has 0 bridgehead atoms. The second kappa shape index (κ2) is 8.63. The third kappa shape index (κ3) is 4.29. The van der Waals surface area contributed by atoms with Gasteiger partial charge in [0.1, 0.15) is 5.75 Å². The highest BCUT2D eigenvalue weighted by atomic mass is 16.5. The molecule has 2 heterocycles. The van der Waals surface area contributed by atoms with E-state index < -0.39 is 11.9 Å². The average molecular weight is 388 g/mol. The van der Waals surface area contributed by atoms with Crippen molar-refractivity contribution >= 4 is 23.5 Å². The third-order valence-electron chi connectivity index (χ3n) is 5.70. The number of likely N-dealkylation sites (tertiary alicyclic amines) is 1. The molecule has 152 valence electrons. The van der Waals surface area contributed by atoms with Crippen molar-refractivity contribution in [2.45, 2.75) is 51.5 Å². The molecule has 0 spiro atoms. The fourth-order valence-corrected chi connectivity index (χ4v) is 4.23. The summed E-state index contributed by atoms with van der Waals surface area (Å²) in [5, 5.41) is 8.98. The highest BCUT2D eigenvalue weighted by Crippen LogP contribution is 2.35. The van der Waals surface area contributed by atoms with E-state index in [1.807, 2.05) is 30.0 Å². The summed E-state index contributed by atoms with van der Waals surface area (Å²) in [6.07, 6.45) is 3.46. The number of hydrogen-bond acceptors (Lipinski definition) is 4. The quantitative estimate of drug-likeness (QED) is 0.809. The molecule has 0 radical (unpaired) electrons. The minimum absolute atomic E-state index is 0.0300. The molecule has 0 saturated carbocycles. The van der Waals surface area contributed by atoms with Gasteiger partial charge in [0.25, 0.3) is 0 Å². The largest absolute Gasteiger partial charge is 0.495 e. The van der Waals surface area contributed by atoms with Crippen LogP contribution in [0.25, 0.3) is 0 Å². The molecule has 2 amide bonds. The van der Waals surface area contributed by atoms with Gasteiger partial charge < -0.3 is 19.6 Å². The molecule has 2 atom stereocenters. The van der Waals surface area contributed by atoms with E-state index in [1.54, 1.807) is 12.0 Å². The van der Waals surface area contributed by atoms with Gasteiger partial charge in [-0.1, -0.05) is 6.07 Å². The van der Waals surface area contributed by atoms with Gasteiger partial charge in [0, 0.05) is 32.0 Å². The fraction of sp³-hybridized carbons (Fsp3) is 0.571. The maximum absolute atomic E-state index is 13.2. The number of nitrogens with zero attached hydrogens (tertiary/aromatic N) is 2. The van der Waals surface area contributed by atoms with E-state index in [0.29, 0.717) is 30.9 Å². The molecule has 0 aromatic heterocycles. The number of carboxylic acids is 1. The van der Waals surface area contributed by atoms with Crippen LogP contribution in [-0.4, -0.2) is 54.0 Å². The maximum atomic E-state index is 13.2. The monoisotopic (exact) mass is 388 g/mol. The molecule has 0 aliphatic carbocycles. The van der Waals surface area contributed by atoms with Crippen LogP contribution in [0.15, 0.2) is 18.2 Å². The molecule has 7 nitrogen and oxygen atoms in total. The van der Waals surface area contributed by atoms with Crippen molar-refractivity contribution in [1.29, 1.82) is 0 Å². The number of aryl methyl sites for hydroxylation is 1. The van der Waals surface area contributed by atoms with Gasteiger partial charge in [0.15, 0.2) is 0 Å². The van der Waals surface area contributed by atoms with E-state index in [9.17, 15) is 14.4 Å². The van der Waals surface area contributed by atoms with Crippen molar-refractivity contribution in [2.24, 2.45) is 5.92 Å². The SMILES string of the molecule is COc1ccc(C)cc1N1CC(C(=O)N2CCCCC2CCC(=O)O)CC1=O. The number of carbonyl (C=O) groups excluding carboxylic acids is 2. The second-order valence-electron chi connectivity index (χ2n) is 7.69. The number of anilines is 1. The molecular weight excluding hydrogens is 360 g/mol. The first-order chi connectivity index (χ1) is 13.4. The standard InChI is InChI=1S/C21H28N2O5/c1-14-6-8-18(28-2)17(11-14)23-13-15(12-19(23)24)21(27)22-10-4-3-5-16(22)7-9-20(25)26/h6,8,11,15-16H,3-5,7,9-10,12-13H2,1-2H3,(H,25,26). The van der Waals surface area contributed by atoms with Crippen LogP contribution in [-0.2, 0) is 14.4 Å². The molecule has 1 aromatic rings. The summed E-state index contributed by atoms with van der Waals surface area (Å²) < 4.78 is 5.40. The van der Waals surface area contributed by atoms with Crippen LogP contribution in [0, 0.1) is 12.8 Å². The molecule has 3 rings (SSSR count). The van der Waals surface area contributed by atoms with Crippen molar-refractivity contribution < 1.29 is 24.2 Å². The van der Waals surface area contributed by atoms with Gasteiger partial charge in [-0.25, -0.2) is 0 Å². The first-order valence-electron chi connectivity index (χ1n) is 9.88. The number of amides is 2. The summed E-state index contributed by atoms with van der Waals surface area (Å²) >= 11 is 0. The van der Waals surface area contributed by atoms with E-state index in [1.165, 1.54) is 0 Å². The lowest BCUT2D eigenvalue weighted by Gasteiger charge is -2.37. The molecule has 2 saturated heterocycles. The lowest BCUT2D eigenvalue weighted by atomic mass is 9.95. The smallest absolute Gasteiger partial charge is 0.303 e. The summed E-state index contributed by atoms with van der Waals surface area (Å²) in [7, 11) is 1.57. The normalized spacial score (nSPS) is 22.4. The predicted octanol–water partition coefficient (Wildman–Crippen LogP) is 2.60. The minimum Gasteiger partial charge on any atom is -0.495 e. The van der Waals surface area contributed by atoms with Crippen LogP contribution in [0.4, 0.5) is 5.69 Å². The molecule has 1 aromatic carbocycles. The molecule has 2 aliphatic rings. The molecule has 1 N–H and O–H groups in total. The van der Waals surface area contributed by atoms with Crippen LogP contribution >= 0.6 is 0 Å². The van der Waals surface area contributed by atoms with E-state index in [-0.39, 0.29) is 30.7 Å². The highest BCUT2D eigenvalue weighted by Gasteiger charge is 2.40. The number of ether oxygens (including phenoxy) is 1. The van der Waals surface area contributed by atoms with Gasteiger partial charge in [-0.3, -0.25) is 14.4 Å². The average Bonchev–Trinajstić information content (AvgIpc) is 3.07. The maximum Gasteiger partial charge on any atom is 0.303 e. The zero-order valence-corrected chi connectivity index (χ0v) is 16.5. The predicted molar refractivity (Wildman–Crippen MR) is 104 cm³/mol. The molecule has 2 fully saturated rings. The molecule has 2 aliphatic heterocycles. The van der Waals surface area contributed by atoms with E-state index in [4.69, 9.17) is 9.84 Å². The Morgan fingerprint density at radius 3 is 2.79 bits per heavy atom. The Bertz CT molecular complexity index is 763. The summed E-state index contributed by atoms with van der Waals surface area (Å²) in [5.41, 5.74) is 1.71.